The van der Waals surface area contributed by atoms with Gasteiger partial charge in [0.05, 0.1) is 17.6 Å². The minimum atomic E-state index is -4.73. The van der Waals surface area contributed by atoms with Crippen molar-refractivity contribution in [3.8, 4) is 5.75 Å². The van der Waals surface area contributed by atoms with Crippen molar-refractivity contribution in [2.24, 2.45) is 0 Å². The topological polar surface area (TPSA) is 63.0 Å². The summed E-state index contributed by atoms with van der Waals surface area (Å²) in [7, 11) is 0. The fraction of sp³-hybridized carbons (Fsp3) is 0.296. The van der Waals surface area contributed by atoms with Gasteiger partial charge in [-0.2, -0.15) is 0 Å². The van der Waals surface area contributed by atoms with Crippen molar-refractivity contribution < 1.29 is 27.1 Å². The van der Waals surface area contributed by atoms with Crippen molar-refractivity contribution in [2.45, 2.75) is 26.1 Å². The predicted octanol–water partition coefficient (Wildman–Crippen LogP) is 5.22. The molecule has 1 saturated heterocycles. The molecule has 0 N–H and O–H groups in total. The molecule has 0 aliphatic carbocycles. The Morgan fingerprint density at radius 1 is 1.03 bits per heavy atom. The van der Waals surface area contributed by atoms with E-state index in [1.807, 2.05) is 15.9 Å². The lowest BCUT2D eigenvalue weighted by Gasteiger charge is -2.37. The van der Waals surface area contributed by atoms with E-state index in [2.05, 4.69) is 14.7 Å². The Labute approximate surface area is 216 Å². The first-order valence-electron chi connectivity index (χ1n) is 12.1. The lowest BCUT2D eigenvalue weighted by atomic mass is 10.0. The standard InChI is InChI=1S/C27H25F4N5O2/c1-18-26(36-11-10-32-17-25(36)33-18)24(37)9-3-19-2-8-23(22(28)16-19)35-14-12-34(13-15-35)20-4-6-21(7-5-20)38-27(29,30)31/h2,4-8,10-11,16-17H,3,9,12-15H2,1H3. The Bertz CT molecular complexity index is 1440. The third kappa shape index (κ3) is 5.56. The summed E-state index contributed by atoms with van der Waals surface area (Å²) < 4.78 is 57.8. The summed E-state index contributed by atoms with van der Waals surface area (Å²) in [6.07, 6.45) is 0.794. The Hall–Kier alpha value is -4.15. The SMILES string of the molecule is Cc1nc2cnccn2c1C(=O)CCc1ccc(N2CCN(c3ccc(OC(F)(F)F)cc3)CC2)c(F)c1. The van der Waals surface area contributed by atoms with Crippen LogP contribution in [0.3, 0.4) is 0 Å². The molecular formula is C27H25F4N5O2. The van der Waals surface area contributed by atoms with Crippen LogP contribution in [-0.2, 0) is 6.42 Å². The summed E-state index contributed by atoms with van der Waals surface area (Å²) in [6, 6.07) is 10.8. The van der Waals surface area contributed by atoms with Crippen LogP contribution in [-0.4, -0.2) is 52.7 Å². The molecule has 0 amide bonds. The Morgan fingerprint density at radius 3 is 2.42 bits per heavy atom. The van der Waals surface area contributed by atoms with Crippen molar-refractivity contribution in [3.05, 3.63) is 83.8 Å². The highest BCUT2D eigenvalue weighted by Gasteiger charge is 2.31. The number of ketones is 1. The van der Waals surface area contributed by atoms with Gasteiger partial charge in [0.1, 0.15) is 17.3 Å². The van der Waals surface area contributed by atoms with E-state index in [1.54, 1.807) is 48.1 Å². The van der Waals surface area contributed by atoms with Gasteiger partial charge in [-0.1, -0.05) is 6.07 Å². The number of imidazole rings is 1. The molecule has 1 aliphatic heterocycles. The summed E-state index contributed by atoms with van der Waals surface area (Å²) in [5, 5.41) is 0. The first kappa shape index (κ1) is 25.5. The molecule has 3 heterocycles. The number of carbonyl (C=O) groups is 1. The van der Waals surface area contributed by atoms with Crippen LogP contribution in [0, 0.1) is 12.7 Å². The number of fused-ring (bicyclic) bond motifs is 1. The van der Waals surface area contributed by atoms with E-state index >= 15 is 4.39 Å². The van der Waals surface area contributed by atoms with E-state index in [0.29, 0.717) is 55.3 Å². The van der Waals surface area contributed by atoms with Crippen molar-refractivity contribution in [1.29, 1.82) is 0 Å². The second kappa shape index (κ2) is 10.3. The second-order valence-electron chi connectivity index (χ2n) is 9.08. The summed E-state index contributed by atoms with van der Waals surface area (Å²) in [4.78, 5) is 25.3. The summed E-state index contributed by atoms with van der Waals surface area (Å²) >= 11 is 0. The lowest BCUT2D eigenvalue weighted by Crippen LogP contribution is -2.46. The van der Waals surface area contributed by atoms with E-state index < -0.39 is 6.36 Å². The van der Waals surface area contributed by atoms with Gasteiger partial charge in [-0.05, 0) is 55.3 Å². The minimum Gasteiger partial charge on any atom is -0.406 e. The molecule has 1 aliphatic rings. The monoisotopic (exact) mass is 527 g/mol. The highest BCUT2D eigenvalue weighted by molar-refractivity contribution is 5.96. The van der Waals surface area contributed by atoms with Crippen molar-refractivity contribution in [3.63, 3.8) is 0 Å². The fourth-order valence-electron chi connectivity index (χ4n) is 4.76. The van der Waals surface area contributed by atoms with Gasteiger partial charge in [-0.3, -0.25) is 14.2 Å². The summed E-state index contributed by atoms with van der Waals surface area (Å²) in [5.74, 6) is -0.691. The van der Waals surface area contributed by atoms with Gasteiger partial charge in [0.25, 0.3) is 0 Å². The van der Waals surface area contributed by atoms with Gasteiger partial charge in [0, 0.05) is 50.7 Å². The minimum absolute atomic E-state index is 0.0696. The average molecular weight is 528 g/mol. The number of aromatic nitrogens is 3. The molecule has 5 rings (SSSR count). The van der Waals surface area contributed by atoms with E-state index in [1.165, 1.54) is 18.2 Å². The third-order valence-corrected chi connectivity index (χ3v) is 6.58. The van der Waals surface area contributed by atoms with Crippen LogP contribution < -0.4 is 14.5 Å². The maximum Gasteiger partial charge on any atom is 0.573 e. The molecule has 7 nitrogen and oxygen atoms in total. The van der Waals surface area contributed by atoms with Crippen molar-refractivity contribution >= 4 is 22.8 Å². The Kier molecular flexibility index (Phi) is 6.92. The first-order chi connectivity index (χ1) is 18.2. The number of rotatable bonds is 7. The molecule has 2 aromatic heterocycles. The van der Waals surface area contributed by atoms with Gasteiger partial charge < -0.3 is 14.5 Å². The number of aryl methyl sites for hydroxylation is 2. The van der Waals surface area contributed by atoms with Crippen molar-refractivity contribution in [1.82, 2.24) is 14.4 Å². The molecule has 0 atom stereocenters. The molecule has 0 unspecified atom stereocenters. The zero-order valence-corrected chi connectivity index (χ0v) is 20.6. The average Bonchev–Trinajstić information content (AvgIpc) is 3.23. The fourth-order valence-corrected chi connectivity index (χ4v) is 4.76. The van der Waals surface area contributed by atoms with Crippen LogP contribution in [0.4, 0.5) is 28.9 Å². The second-order valence-corrected chi connectivity index (χ2v) is 9.08. The molecule has 2 aromatic carbocycles. The number of ether oxygens (including phenoxy) is 1. The molecule has 4 aromatic rings. The number of piperazine rings is 1. The first-order valence-corrected chi connectivity index (χ1v) is 12.1. The van der Waals surface area contributed by atoms with Gasteiger partial charge in [0.2, 0.25) is 0 Å². The molecule has 198 valence electrons. The predicted molar refractivity (Wildman–Crippen MR) is 134 cm³/mol. The molecule has 0 saturated carbocycles. The molecule has 1 fully saturated rings. The maximum atomic E-state index is 15.0. The van der Waals surface area contributed by atoms with Gasteiger partial charge in [0.15, 0.2) is 11.4 Å². The van der Waals surface area contributed by atoms with E-state index in [9.17, 15) is 18.0 Å². The smallest absolute Gasteiger partial charge is 0.406 e. The lowest BCUT2D eigenvalue weighted by molar-refractivity contribution is -0.274. The Morgan fingerprint density at radius 2 is 1.74 bits per heavy atom. The van der Waals surface area contributed by atoms with E-state index in [0.717, 1.165) is 11.3 Å². The molecular weight excluding hydrogens is 502 g/mol. The van der Waals surface area contributed by atoms with Crippen LogP contribution in [0.25, 0.3) is 5.65 Å². The number of halogens is 4. The number of carbonyl (C=O) groups excluding carboxylic acids is 1. The Balaban J connectivity index is 1.17. The maximum absolute atomic E-state index is 15.0. The highest BCUT2D eigenvalue weighted by atomic mass is 19.4. The number of hydrogen-bond donors (Lipinski definition) is 0. The zero-order valence-electron chi connectivity index (χ0n) is 20.6. The number of Topliss-reactive ketones (excluding diaryl/α,β-unsaturated/α-hetero) is 1. The number of nitrogens with zero attached hydrogens (tertiary/aromatic N) is 5. The van der Waals surface area contributed by atoms with Crippen LogP contribution >= 0.6 is 0 Å². The normalized spacial score (nSPS) is 14.2. The van der Waals surface area contributed by atoms with Crippen LogP contribution in [0.5, 0.6) is 5.75 Å². The van der Waals surface area contributed by atoms with Gasteiger partial charge in [-0.15, -0.1) is 13.2 Å². The number of anilines is 2. The summed E-state index contributed by atoms with van der Waals surface area (Å²) in [6.45, 7) is 4.06. The summed E-state index contributed by atoms with van der Waals surface area (Å²) in [5.41, 5.74) is 3.74. The zero-order chi connectivity index (χ0) is 26.9. The number of benzene rings is 2. The largest absolute Gasteiger partial charge is 0.573 e. The molecule has 0 radical (unpaired) electrons. The van der Waals surface area contributed by atoms with Crippen LogP contribution in [0.1, 0.15) is 28.2 Å². The number of hydrogen-bond acceptors (Lipinski definition) is 6. The molecule has 11 heteroatoms. The van der Waals surface area contributed by atoms with Crippen molar-refractivity contribution in [2.75, 3.05) is 36.0 Å². The van der Waals surface area contributed by atoms with E-state index in [4.69, 9.17) is 0 Å². The number of alkyl halides is 3. The highest BCUT2D eigenvalue weighted by Crippen LogP contribution is 2.28. The molecule has 0 bridgehead atoms. The molecule has 0 spiro atoms. The van der Waals surface area contributed by atoms with Crippen LogP contribution in [0.2, 0.25) is 0 Å². The van der Waals surface area contributed by atoms with Gasteiger partial charge in [-0.25, -0.2) is 9.37 Å². The van der Waals surface area contributed by atoms with Gasteiger partial charge >= 0.3 is 6.36 Å². The van der Waals surface area contributed by atoms with E-state index in [-0.39, 0.29) is 23.8 Å². The third-order valence-electron chi connectivity index (χ3n) is 6.58. The van der Waals surface area contributed by atoms with Crippen LogP contribution in [0.15, 0.2) is 61.1 Å². The quantitative estimate of drug-likeness (QED) is 0.243. The molecule has 38 heavy (non-hydrogen) atoms.